The van der Waals surface area contributed by atoms with Crippen LogP contribution in [-0.4, -0.2) is 9.78 Å². The molecule has 1 atom stereocenters. The number of hydrogen-bond donors (Lipinski definition) is 1. The number of aromatic nitrogens is 2. The Morgan fingerprint density at radius 2 is 2.06 bits per heavy atom. The number of nitrogen functional groups attached to an aromatic ring is 1. The molecule has 0 saturated heterocycles. The van der Waals surface area contributed by atoms with Gasteiger partial charge in [-0.3, -0.25) is 0 Å². The molecule has 0 radical (unpaired) electrons. The van der Waals surface area contributed by atoms with Crippen molar-refractivity contribution >= 4 is 21.7 Å². The molecule has 92 valence electrons. The number of unbranched alkanes of at least 4 members (excludes halogenated alkanes) is 4. The van der Waals surface area contributed by atoms with Crippen LogP contribution in [0, 0.1) is 0 Å². The summed E-state index contributed by atoms with van der Waals surface area (Å²) < 4.78 is 2.80. The summed E-state index contributed by atoms with van der Waals surface area (Å²) in [6.45, 7) is 4.42. The highest BCUT2D eigenvalue weighted by molar-refractivity contribution is 9.10. The molecule has 0 aliphatic carbocycles. The third-order valence-electron chi connectivity index (χ3n) is 2.93. The molecule has 0 fully saturated rings. The highest BCUT2D eigenvalue weighted by Gasteiger charge is 2.10. The molecule has 0 spiro atoms. The van der Waals surface area contributed by atoms with E-state index in [9.17, 15) is 0 Å². The lowest BCUT2D eigenvalue weighted by Gasteiger charge is -2.13. The molecule has 0 aromatic carbocycles. The minimum atomic E-state index is 0.396. The molecule has 0 saturated carbocycles. The smallest absolute Gasteiger partial charge is 0.136 e. The summed E-state index contributed by atoms with van der Waals surface area (Å²) in [5.41, 5.74) is 5.91. The molecule has 3 nitrogen and oxygen atoms in total. The maximum Gasteiger partial charge on any atom is 0.136 e. The molecule has 2 N–H and O–H groups in total. The highest BCUT2D eigenvalue weighted by Crippen LogP contribution is 2.24. The topological polar surface area (TPSA) is 43.8 Å². The van der Waals surface area contributed by atoms with Gasteiger partial charge in [-0.25, -0.2) is 4.68 Å². The van der Waals surface area contributed by atoms with Gasteiger partial charge in [0.2, 0.25) is 0 Å². The SMILES string of the molecule is CCCCCCCC(C)n1ncc(Br)c1N. The van der Waals surface area contributed by atoms with Crippen LogP contribution >= 0.6 is 15.9 Å². The lowest BCUT2D eigenvalue weighted by Crippen LogP contribution is -2.10. The van der Waals surface area contributed by atoms with E-state index in [4.69, 9.17) is 5.73 Å². The first-order chi connectivity index (χ1) is 7.66. The maximum absolute atomic E-state index is 5.91. The second-order valence-electron chi connectivity index (χ2n) is 4.37. The van der Waals surface area contributed by atoms with E-state index in [1.807, 2.05) is 4.68 Å². The quantitative estimate of drug-likeness (QED) is 0.766. The number of anilines is 1. The summed E-state index contributed by atoms with van der Waals surface area (Å²) in [4.78, 5) is 0. The van der Waals surface area contributed by atoms with Crippen molar-refractivity contribution in [1.82, 2.24) is 9.78 Å². The Morgan fingerprint density at radius 1 is 1.38 bits per heavy atom. The van der Waals surface area contributed by atoms with Crippen molar-refractivity contribution in [1.29, 1.82) is 0 Å². The van der Waals surface area contributed by atoms with Gasteiger partial charge in [0.05, 0.1) is 16.7 Å². The standard InChI is InChI=1S/C12H22BrN3/c1-3-4-5-6-7-8-10(2)16-12(14)11(13)9-15-16/h9-10H,3-8,14H2,1-2H3. The van der Waals surface area contributed by atoms with Crippen LogP contribution in [0.3, 0.4) is 0 Å². The number of nitrogens with two attached hydrogens (primary N) is 1. The molecule has 1 rings (SSSR count). The third-order valence-corrected chi connectivity index (χ3v) is 3.54. The number of nitrogens with zero attached hydrogens (tertiary/aromatic N) is 2. The van der Waals surface area contributed by atoms with Crippen LogP contribution in [-0.2, 0) is 0 Å². The Kier molecular flexibility index (Phi) is 5.88. The molecule has 0 aliphatic rings. The van der Waals surface area contributed by atoms with E-state index in [-0.39, 0.29) is 0 Å². The van der Waals surface area contributed by atoms with Gasteiger partial charge in [0.25, 0.3) is 0 Å². The molecule has 1 heterocycles. The molecule has 0 aliphatic heterocycles. The van der Waals surface area contributed by atoms with Crippen molar-refractivity contribution in [3.63, 3.8) is 0 Å². The van der Waals surface area contributed by atoms with Gasteiger partial charge < -0.3 is 5.73 Å². The Hall–Kier alpha value is -0.510. The van der Waals surface area contributed by atoms with Crippen molar-refractivity contribution in [3.8, 4) is 0 Å². The molecular formula is C12H22BrN3. The predicted molar refractivity (Wildman–Crippen MR) is 72.4 cm³/mol. The molecule has 16 heavy (non-hydrogen) atoms. The molecule has 0 amide bonds. The van der Waals surface area contributed by atoms with E-state index in [2.05, 4.69) is 34.9 Å². The van der Waals surface area contributed by atoms with Gasteiger partial charge >= 0.3 is 0 Å². The van der Waals surface area contributed by atoms with Gasteiger partial charge in [-0.15, -0.1) is 0 Å². The molecule has 1 unspecified atom stereocenters. The van der Waals surface area contributed by atoms with E-state index in [1.54, 1.807) is 6.20 Å². The summed E-state index contributed by atoms with van der Waals surface area (Å²) in [6.07, 6.45) is 9.50. The average molecular weight is 288 g/mol. The number of halogens is 1. The fourth-order valence-corrected chi connectivity index (χ4v) is 2.14. The molecule has 0 bridgehead atoms. The van der Waals surface area contributed by atoms with Gasteiger partial charge in [-0.05, 0) is 29.3 Å². The van der Waals surface area contributed by atoms with Crippen LogP contribution in [0.4, 0.5) is 5.82 Å². The van der Waals surface area contributed by atoms with Gasteiger partial charge in [0.1, 0.15) is 5.82 Å². The van der Waals surface area contributed by atoms with Crippen LogP contribution in [0.15, 0.2) is 10.7 Å². The van der Waals surface area contributed by atoms with E-state index < -0.39 is 0 Å². The van der Waals surface area contributed by atoms with Crippen LogP contribution in [0.5, 0.6) is 0 Å². The predicted octanol–water partition coefficient (Wildman–Crippen LogP) is 4.15. The zero-order chi connectivity index (χ0) is 12.0. The summed E-state index contributed by atoms with van der Waals surface area (Å²) >= 11 is 3.38. The first-order valence-corrected chi connectivity index (χ1v) is 6.94. The minimum Gasteiger partial charge on any atom is -0.383 e. The van der Waals surface area contributed by atoms with Gasteiger partial charge in [0, 0.05) is 0 Å². The Labute approximate surface area is 107 Å². The van der Waals surface area contributed by atoms with Crippen molar-refractivity contribution in [3.05, 3.63) is 10.7 Å². The molecule has 1 aromatic rings. The maximum atomic E-state index is 5.91. The summed E-state index contributed by atoms with van der Waals surface area (Å²) in [5, 5.41) is 4.28. The summed E-state index contributed by atoms with van der Waals surface area (Å²) in [6, 6.07) is 0.396. The lowest BCUT2D eigenvalue weighted by atomic mass is 10.1. The van der Waals surface area contributed by atoms with Gasteiger partial charge in [-0.2, -0.15) is 5.10 Å². The van der Waals surface area contributed by atoms with Crippen LogP contribution in [0.1, 0.15) is 58.4 Å². The Bertz CT molecular complexity index is 309. The summed E-state index contributed by atoms with van der Waals surface area (Å²) in [7, 11) is 0. The Balaban J connectivity index is 2.30. The van der Waals surface area contributed by atoms with E-state index in [1.165, 1.54) is 32.1 Å². The first-order valence-electron chi connectivity index (χ1n) is 6.15. The second-order valence-corrected chi connectivity index (χ2v) is 5.23. The fourth-order valence-electron chi connectivity index (χ4n) is 1.87. The average Bonchev–Trinajstić information content (AvgIpc) is 2.59. The Morgan fingerprint density at radius 3 is 2.62 bits per heavy atom. The first kappa shape index (κ1) is 13.6. The van der Waals surface area contributed by atoms with E-state index >= 15 is 0 Å². The molecule has 1 aromatic heterocycles. The monoisotopic (exact) mass is 287 g/mol. The third kappa shape index (κ3) is 3.81. The van der Waals surface area contributed by atoms with Crippen LogP contribution < -0.4 is 5.73 Å². The van der Waals surface area contributed by atoms with Crippen LogP contribution in [0.25, 0.3) is 0 Å². The van der Waals surface area contributed by atoms with E-state index in [0.717, 1.165) is 16.7 Å². The van der Waals surface area contributed by atoms with Crippen LogP contribution in [0.2, 0.25) is 0 Å². The van der Waals surface area contributed by atoms with E-state index in [0.29, 0.717) is 6.04 Å². The second kappa shape index (κ2) is 6.94. The molecule has 4 heteroatoms. The van der Waals surface area contributed by atoms with Crippen molar-refractivity contribution in [2.24, 2.45) is 0 Å². The van der Waals surface area contributed by atoms with Gasteiger partial charge in [0.15, 0.2) is 0 Å². The van der Waals surface area contributed by atoms with Gasteiger partial charge in [-0.1, -0.05) is 39.0 Å². The fraction of sp³-hybridized carbons (Fsp3) is 0.750. The molecular weight excluding hydrogens is 266 g/mol. The highest BCUT2D eigenvalue weighted by atomic mass is 79.9. The zero-order valence-electron chi connectivity index (χ0n) is 10.2. The minimum absolute atomic E-state index is 0.396. The number of hydrogen-bond acceptors (Lipinski definition) is 2. The zero-order valence-corrected chi connectivity index (χ0v) is 11.8. The van der Waals surface area contributed by atoms with Crippen molar-refractivity contribution in [2.45, 2.75) is 58.4 Å². The number of rotatable bonds is 7. The lowest BCUT2D eigenvalue weighted by molar-refractivity contribution is 0.439. The van der Waals surface area contributed by atoms with Crippen molar-refractivity contribution in [2.75, 3.05) is 5.73 Å². The summed E-state index contributed by atoms with van der Waals surface area (Å²) in [5.74, 6) is 0.737. The largest absolute Gasteiger partial charge is 0.383 e. The normalized spacial score (nSPS) is 12.9. The van der Waals surface area contributed by atoms with Crippen molar-refractivity contribution < 1.29 is 0 Å².